The van der Waals surface area contributed by atoms with E-state index in [1.54, 1.807) is 48.7 Å². The summed E-state index contributed by atoms with van der Waals surface area (Å²) < 4.78 is 16.0. The van der Waals surface area contributed by atoms with Crippen LogP contribution in [0.5, 0.6) is 17.2 Å². The number of rotatable bonds is 6. The van der Waals surface area contributed by atoms with Gasteiger partial charge in [0.05, 0.1) is 7.11 Å². The molecule has 154 valence electrons. The van der Waals surface area contributed by atoms with E-state index >= 15 is 0 Å². The van der Waals surface area contributed by atoms with Crippen LogP contribution in [0.3, 0.4) is 0 Å². The molecule has 4 rings (SSSR count). The topological polar surface area (TPSA) is 94.2 Å². The minimum absolute atomic E-state index is 0.0473. The molecule has 0 aliphatic heterocycles. The number of hydrogen-bond donors (Lipinski definition) is 1. The lowest BCUT2D eigenvalue weighted by molar-refractivity contribution is 0.0719. The molecule has 31 heavy (non-hydrogen) atoms. The number of methoxy groups -OCH3 is 1. The van der Waals surface area contributed by atoms with Crippen LogP contribution < -0.4 is 9.47 Å². The first-order valence-corrected chi connectivity index (χ1v) is 9.38. The molecule has 7 nitrogen and oxygen atoms in total. The summed E-state index contributed by atoms with van der Waals surface area (Å²) in [7, 11) is 1.47. The lowest BCUT2D eigenvalue weighted by atomic mass is 10.1. The van der Waals surface area contributed by atoms with Crippen LogP contribution in [0.15, 0.2) is 88.4 Å². The number of para-hydroxylation sites is 2. The smallest absolute Gasteiger partial charge is 0.366 e. The van der Waals surface area contributed by atoms with Gasteiger partial charge in [0.2, 0.25) is 0 Å². The maximum absolute atomic E-state index is 12.5. The van der Waals surface area contributed by atoms with Gasteiger partial charge in [-0.3, -0.25) is 4.99 Å². The summed E-state index contributed by atoms with van der Waals surface area (Å²) in [5, 5.41) is 13.6. The van der Waals surface area contributed by atoms with Crippen molar-refractivity contribution in [1.29, 1.82) is 0 Å². The van der Waals surface area contributed by atoms with E-state index in [2.05, 4.69) is 10.1 Å². The quantitative estimate of drug-likeness (QED) is 0.270. The van der Waals surface area contributed by atoms with E-state index in [1.165, 1.54) is 13.2 Å². The van der Waals surface area contributed by atoms with Crippen LogP contribution >= 0.6 is 0 Å². The highest BCUT2D eigenvalue weighted by Crippen LogP contribution is 2.30. The number of hydrogen-bond acceptors (Lipinski definition) is 7. The van der Waals surface area contributed by atoms with Crippen molar-refractivity contribution in [1.82, 2.24) is 5.16 Å². The highest BCUT2D eigenvalue weighted by Gasteiger charge is 2.18. The Morgan fingerprint density at radius 2 is 1.77 bits per heavy atom. The van der Waals surface area contributed by atoms with Crippen molar-refractivity contribution in [2.75, 3.05) is 7.11 Å². The number of ether oxygens (including phenoxy) is 2. The van der Waals surface area contributed by atoms with Gasteiger partial charge in [-0.05, 0) is 35.9 Å². The molecule has 7 heteroatoms. The van der Waals surface area contributed by atoms with Gasteiger partial charge in [-0.2, -0.15) is 0 Å². The number of phenols is 1. The molecule has 0 saturated carbocycles. The lowest BCUT2D eigenvalue weighted by Gasteiger charge is -2.08. The molecule has 4 aromatic rings. The normalized spacial score (nSPS) is 10.9. The van der Waals surface area contributed by atoms with Crippen LogP contribution in [0.25, 0.3) is 11.3 Å². The average molecular weight is 414 g/mol. The lowest BCUT2D eigenvalue weighted by Crippen LogP contribution is -2.09. The van der Waals surface area contributed by atoms with Gasteiger partial charge in [0.15, 0.2) is 23.0 Å². The Morgan fingerprint density at radius 1 is 1.00 bits per heavy atom. The van der Waals surface area contributed by atoms with E-state index in [-0.39, 0.29) is 17.2 Å². The highest BCUT2D eigenvalue weighted by atomic mass is 16.6. The van der Waals surface area contributed by atoms with E-state index in [1.807, 2.05) is 30.3 Å². The standard InChI is InChI=1S/C24H18N2O5/c1-29-23-13-16(15-25-18-9-5-6-10-20(18)27)11-12-21(23)30-24(28)19-14-22(31-26-19)17-7-3-2-4-8-17/h2-15,27H,1H3. The minimum atomic E-state index is -0.667. The summed E-state index contributed by atoms with van der Waals surface area (Å²) >= 11 is 0. The van der Waals surface area contributed by atoms with E-state index in [0.29, 0.717) is 22.8 Å². The molecule has 1 heterocycles. The Kier molecular flexibility index (Phi) is 5.75. The van der Waals surface area contributed by atoms with Crippen molar-refractivity contribution in [3.63, 3.8) is 0 Å². The first-order chi connectivity index (χ1) is 15.1. The number of benzene rings is 3. The summed E-state index contributed by atoms with van der Waals surface area (Å²) in [6.45, 7) is 0. The van der Waals surface area contributed by atoms with Crippen molar-refractivity contribution in [3.8, 4) is 28.6 Å². The molecule has 0 atom stereocenters. The van der Waals surface area contributed by atoms with Crippen LogP contribution in [0.2, 0.25) is 0 Å². The van der Waals surface area contributed by atoms with Gasteiger partial charge in [-0.1, -0.05) is 47.6 Å². The van der Waals surface area contributed by atoms with Gasteiger partial charge in [-0.15, -0.1) is 0 Å². The maximum Gasteiger partial charge on any atom is 0.366 e. The predicted molar refractivity (Wildman–Crippen MR) is 115 cm³/mol. The van der Waals surface area contributed by atoms with E-state index < -0.39 is 5.97 Å². The fraction of sp³-hybridized carbons (Fsp3) is 0.0417. The number of phenolic OH excluding ortho intramolecular Hbond substituents is 1. The Labute approximate surface area is 178 Å². The number of aromatic hydroxyl groups is 1. The summed E-state index contributed by atoms with van der Waals surface area (Å²) in [6, 6.07) is 22.6. The number of aliphatic imine (C=N–C) groups is 1. The second-order valence-electron chi connectivity index (χ2n) is 6.49. The molecule has 1 aromatic heterocycles. The van der Waals surface area contributed by atoms with Crippen molar-refractivity contribution in [2.24, 2.45) is 4.99 Å². The molecule has 3 aromatic carbocycles. The molecule has 0 bridgehead atoms. The van der Waals surface area contributed by atoms with Crippen LogP contribution in [-0.2, 0) is 0 Å². The fourth-order valence-electron chi connectivity index (χ4n) is 2.83. The maximum atomic E-state index is 12.5. The molecule has 0 saturated heterocycles. The average Bonchev–Trinajstić information content (AvgIpc) is 3.30. The number of carbonyl (C=O) groups excluding carboxylic acids is 1. The van der Waals surface area contributed by atoms with Gasteiger partial charge in [-0.25, -0.2) is 4.79 Å². The molecule has 0 aliphatic carbocycles. The largest absolute Gasteiger partial charge is 0.506 e. The number of aromatic nitrogens is 1. The van der Waals surface area contributed by atoms with Crippen molar-refractivity contribution >= 4 is 17.9 Å². The summed E-state index contributed by atoms with van der Waals surface area (Å²) in [4.78, 5) is 16.8. The third kappa shape index (κ3) is 4.62. The van der Waals surface area contributed by atoms with Crippen LogP contribution in [0.4, 0.5) is 5.69 Å². The third-order valence-electron chi connectivity index (χ3n) is 4.40. The molecule has 0 amide bonds. The monoisotopic (exact) mass is 414 g/mol. The zero-order valence-corrected chi connectivity index (χ0v) is 16.6. The third-order valence-corrected chi connectivity index (χ3v) is 4.40. The number of nitrogens with zero attached hydrogens (tertiary/aromatic N) is 2. The summed E-state index contributed by atoms with van der Waals surface area (Å²) in [5.74, 6) is 0.465. The zero-order valence-electron chi connectivity index (χ0n) is 16.6. The SMILES string of the molecule is COc1cc(C=Nc2ccccc2O)ccc1OC(=O)c1cc(-c2ccccc2)on1. The van der Waals surface area contributed by atoms with Gasteiger partial charge >= 0.3 is 5.97 Å². The summed E-state index contributed by atoms with van der Waals surface area (Å²) in [6.07, 6.45) is 1.58. The first-order valence-electron chi connectivity index (χ1n) is 9.38. The van der Waals surface area contributed by atoms with Gasteiger partial charge in [0.1, 0.15) is 11.4 Å². The highest BCUT2D eigenvalue weighted by molar-refractivity contribution is 5.91. The van der Waals surface area contributed by atoms with Gasteiger partial charge in [0.25, 0.3) is 0 Å². The Bertz CT molecular complexity index is 1230. The number of esters is 1. The minimum Gasteiger partial charge on any atom is -0.506 e. The molecule has 1 N–H and O–H groups in total. The van der Waals surface area contributed by atoms with Gasteiger partial charge in [0, 0.05) is 17.8 Å². The van der Waals surface area contributed by atoms with Crippen molar-refractivity contribution in [2.45, 2.75) is 0 Å². The molecule has 0 aliphatic rings. The fourth-order valence-corrected chi connectivity index (χ4v) is 2.83. The molecular weight excluding hydrogens is 396 g/mol. The predicted octanol–water partition coefficient (Wildman–Crippen LogP) is 5.03. The number of carbonyl (C=O) groups is 1. The van der Waals surface area contributed by atoms with Crippen LogP contribution in [-0.4, -0.2) is 29.6 Å². The van der Waals surface area contributed by atoms with E-state index in [4.69, 9.17) is 14.0 Å². The van der Waals surface area contributed by atoms with Gasteiger partial charge < -0.3 is 19.1 Å². The van der Waals surface area contributed by atoms with Crippen LogP contribution in [0.1, 0.15) is 16.1 Å². The Morgan fingerprint density at radius 3 is 2.55 bits per heavy atom. The Hall–Kier alpha value is -4.39. The van der Waals surface area contributed by atoms with E-state index in [0.717, 1.165) is 5.56 Å². The molecular formula is C24H18N2O5. The molecule has 0 unspecified atom stereocenters. The second kappa shape index (κ2) is 8.96. The van der Waals surface area contributed by atoms with Crippen molar-refractivity contribution in [3.05, 3.63) is 90.1 Å². The van der Waals surface area contributed by atoms with Crippen molar-refractivity contribution < 1.29 is 23.9 Å². The first kappa shape index (κ1) is 19.9. The second-order valence-corrected chi connectivity index (χ2v) is 6.49. The Balaban J connectivity index is 1.50. The molecule has 0 radical (unpaired) electrons. The van der Waals surface area contributed by atoms with E-state index in [9.17, 15) is 9.90 Å². The van der Waals surface area contributed by atoms with Crippen LogP contribution in [0, 0.1) is 0 Å². The molecule has 0 spiro atoms. The summed E-state index contributed by atoms with van der Waals surface area (Å²) in [5.41, 5.74) is 2.00. The zero-order chi connectivity index (χ0) is 21.6. The molecule has 0 fully saturated rings.